The van der Waals surface area contributed by atoms with Crippen LogP contribution in [0.5, 0.6) is 0 Å². The number of hydrogen-bond acceptors (Lipinski definition) is 3. The van der Waals surface area contributed by atoms with Gasteiger partial charge in [0.1, 0.15) is 6.54 Å². The van der Waals surface area contributed by atoms with Crippen LogP contribution >= 0.6 is 11.6 Å². The molecule has 1 aromatic rings. The lowest BCUT2D eigenvalue weighted by Gasteiger charge is -2.22. The molecule has 1 rings (SSSR count). The molecule has 7 nitrogen and oxygen atoms in total. The molecule has 0 aromatic heterocycles. The molecule has 8 heteroatoms. The van der Waals surface area contributed by atoms with Crippen molar-refractivity contribution in [3.63, 3.8) is 0 Å². The minimum atomic E-state index is -1.18. The van der Waals surface area contributed by atoms with Crippen LogP contribution in [0.4, 0.5) is 10.5 Å². The maximum atomic E-state index is 12.1. The summed E-state index contributed by atoms with van der Waals surface area (Å²) in [4.78, 5) is 36.7. The van der Waals surface area contributed by atoms with Gasteiger partial charge >= 0.3 is 12.0 Å². The van der Waals surface area contributed by atoms with Crippen LogP contribution in [0.15, 0.2) is 24.3 Å². The number of hydrogen-bond donors (Lipinski definition) is 2. The van der Waals surface area contributed by atoms with E-state index in [2.05, 4.69) is 5.32 Å². The average Bonchev–Trinajstić information content (AvgIpc) is 2.41. The van der Waals surface area contributed by atoms with Gasteiger partial charge in [-0.2, -0.15) is 0 Å². The van der Waals surface area contributed by atoms with Gasteiger partial charge in [-0.05, 0) is 18.2 Å². The smallest absolute Gasteiger partial charge is 0.323 e. The number of carboxylic acid groups (broad SMARTS) is 1. The number of urea groups is 1. The Bertz CT molecular complexity index is 548. The summed E-state index contributed by atoms with van der Waals surface area (Å²) in [5.41, 5.74) is 0.333. The lowest BCUT2D eigenvalue weighted by molar-refractivity contribution is -0.135. The Morgan fingerprint density at radius 1 is 1.29 bits per heavy atom. The summed E-state index contributed by atoms with van der Waals surface area (Å²) in [5, 5.41) is 11.7. The number of amides is 3. The molecule has 114 valence electrons. The van der Waals surface area contributed by atoms with E-state index in [0.29, 0.717) is 10.7 Å². The molecule has 0 bridgehead atoms. The van der Waals surface area contributed by atoms with Crippen molar-refractivity contribution in [2.45, 2.75) is 0 Å². The highest BCUT2D eigenvalue weighted by Gasteiger charge is 2.19. The number of anilines is 1. The summed E-state index contributed by atoms with van der Waals surface area (Å²) < 4.78 is 0. The first-order chi connectivity index (χ1) is 9.81. The van der Waals surface area contributed by atoms with Crippen molar-refractivity contribution in [3.8, 4) is 0 Å². The fourth-order valence-corrected chi connectivity index (χ4v) is 1.65. The largest absolute Gasteiger partial charge is 0.480 e. The Morgan fingerprint density at radius 2 is 1.95 bits per heavy atom. The van der Waals surface area contributed by atoms with Crippen molar-refractivity contribution in [2.75, 3.05) is 32.1 Å². The predicted octanol–water partition coefficient (Wildman–Crippen LogP) is 1.03. The second kappa shape index (κ2) is 7.49. The normalized spacial score (nSPS) is 9.86. The lowest BCUT2D eigenvalue weighted by Crippen LogP contribution is -2.46. The third-order valence-corrected chi connectivity index (χ3v) is 2.78. The standard InChI is InChI=1S/C13H16ClN3O4/c1-16(2)11(18)7-15-13(21)17(8-12(19)20)10-5-3-4-9(14)6-10/h3-6H,7-8H2,1-2H3,(H,15,21)(H,19,20). The van der Waals surface area contributed by atoms with Gasteiger partial charge in [0.15, 0.2) is 0 Å². The molecule has 0 aliphatic rings. The van der Waals surface area contributed by atoms with Crippen molar-refractivity contribution in [1.29, 1.82) is 0 Å². The van der Waals surface area contributed by atoms with Gasteiger partial charge in [0, 0.05) is 24.8 Å². The van der Waals surface area contributed by atoms with Crippen molar-refractivity contribution >= 4 is 35.2 Å². The minimum Gasteiger partial charge on any atom is -0.480 e. The molecule has 2 N–H and O–H groups in total. The molecule has 0 aliphatic heterocycles. The van der Waals surface area contributed by atoms with Gasteiger partial charge < -0.3 is 15.3 Å². The van der Waals surface area contributed by atoms with E-state index in [9.17, 15) is 14.4 Å². The molecule has 0 saturated heterocycles. The average molecular weight is 314 g/mol. The summed E-state index contributed by atoms with van der Waals surface area (Å²) >= 11 is 5.83. The van der Waals surface area contributed by atoms with Crippen LogP contribution in [0, 0.1) is 0 Å². The van der Waals surface area contributed by atoms with Crippen molar-refractivity contribution in [2.24, 2.45) is 0 Å². The van der Waals surface area contributed by atoms with Crippen LogP contribution < -0.4 is 10.2 Å². The molecule has 0 radical (unpaired) electrons. The minimum absolute atomic E-state index is 0.220. The van der Waals surface area contributed by atoms with Crippen molar-refractivity contribution < 1.29 is 19.5 Å². The monoisotopic (exact) mass is 313 g/mol. The van der Waals surface area contributed by atoms with E-state index in [-0.39, 0.29) is 12.5 Å². The van der Waals surface area contributed by atoms with Gasteiger partial charge in [-0.3, -0.25) is 14.5 Å². The highest BCUT2D eigenvalue weighted by atomic mass is 35.5. The quantitative estimate of drug-likeness (QED) is 0.849. The summed E-state index contributed by atoms with van der Waals surface area (Å²) in [6, 6.07) is 5.55. The van der Waals surface area contributed by atoms with E-state index < -0.39 is 18.5 Å². The second-order valence-electron chi connectivity index (χ2n) is 4.41. The van der Waals surface area contributed by atoms with Crippen LogP contribution in [-0.4, -0.2) is 55.1 Å². The Hall–Kier alpha value is -2.28. The van der Waals surface area contributed by atoms with Crippen LogP contribution in [-0.2, 0) is 9.59 Å². The van der Waals surface area contributed by atoms with Gasteiger partial charge in [-0.1, -0.05) is 17.7 Å². The summed E-state index contributed by atoms with van der Waals surface area (Å²) in [6.07, 6.45) is 0. The molecule has 0 fully saturated rings. The Balaban J connectivity index is 2.85. The Kier molecular flexibility index (Phi) is 5.98. The van der Waals surface area contributed by atoms with Gasteiger partial charge in [-0.25, -0.2) is 4.79 Å². The highest BCUT2D eigenvalue weighted by molar-refractivity contribution is 6.30. The first-order valence-electron chi connectivity index (χ1n) is 6.04. The molecule has 3 amide bonds. The molecule has 0 atom stereocenters. The van der Waals surface area contributed by atoms with Crippen molar-refractivity contribution in [1.82, 2.24) is 10.2 Å². The summed E-state index contributed by atoms with van der Waals surface area (Å²) in [7, 11) is 3.11. The number of nitrogens with zero attached hydrogens (tertiary/aromatic N) is 2. The topological polar surface area (TPSA) is 90.0 Å². The highest BCUT2D eigenvalue weighted by Crippen LogP contribution is 2.19. The van der Waals surface area contributed by atoms with Gasteiger partial charge in [-0.15, -0.1) is 0 Å². The number of likely N-dealkylation sites (N-methyl/N-ethyl adjacent to an activating group) is 1. The number of halogens is 1. The Morgan fingerprint density at radius 3 is 2.48 bits per heavy atom. The SMILES string of the molecule is CN(C)C(=O)CNC(=O)N(CC(=O)O)c1cccc(Cl)c1. The van der Waals surface area contributed by atoms with E-state index in [4.69, 9.17) is 16.7 Å². The van der Waals surface area contributed by atoms with Gasteiger partial charge in [0.05, 0.1) is 6.54 Å². The Labute approximate surface area is 127 Å². The zero-order valence-corrected chi connectivity index (χ0v) is 12.4. The molecule has 0 spiro atoms. The van der Waals surface area contributed by atoms with E-state index in [0.717, 1.165) is 4.90 Å². The summed E-state index contributed by atoms with van der Waals surface area (Å²) in [6.45, 7) is -0.759. The maximum Gasteiger partial charge on any atom is 0.323 e. The molecular weight excluding hydrogens is 298 g/mol. The first-order valence-corrected chi connectivity index (χ1v) is 6.42. The number of benzene rings is 1. The molecule has 21 heavy (non-hydrogen) atoms. The summed E-state index contributed by atoms with van der Waals surface area (Å²) in [5.74, 6) is -1.48. The molecule has 0 saturated carbocycles. The van der Waals surface area contributed by atoms with Crippen LogP contribution in [0.25, 0.3) is 0 Å². The van der Waals surface area contributed by atoms with E-state index in [1.807, 2.05) is 0 Å². The van der Waals surface area contributed by atoms with E-state index >= 15 is 0 Å². The van der Waals surface area contributed by atoms with Gasteiger partial charge in [0.2, 0.25) is 5.91 Å². The molecule has 0 unspecified atom stereocenters. The number of nitrogens with one attached hydrogen (secondary N) is 1. The molecule has 0 aliphatic carbocycles. The van der Waals surface area contributed by atoms with Crippen LogP contribution in [0.1, 0.15) is 0 Å². The second-order valence-corrected chi connectivity index (χ2v) is 4.84. The molecular formula is C13H16ClN3O4. The third-order valence-electron chi connectivity index (χ3n) is 2.55. The van der Waals surface area contributed by atoms with Crippen LogP contribution in [0.2, 0.25) is 5.02 Å². The van der Waals surface area contributed by atoms with Crippen LogP contribution in [0.3, 0.4) is 0 Å². The molecule has 1 aromatic carbocycles. The first kappa shape index (κ1) is 16.8. The predicted molar refractivity (Wildman–Crippen MR) is 78.5 cm³/mol. The fourth-order valence-electron chi connectivity index (χ4n) is 1.46. The van der Waals surface area contributed by atoms with Gasteiger partial charge in [0.25, 0.3) is 0 Å². The zero-order valence-electron chi connectivity index (χ0n) is 11.7. The number of rotatable bonds is 5. The van der Waals surface area contributed by atoms with E-state index in [1.54, 1.807) is 32.3 Å². The lowest BCUT2D eigenvalue weighted by atomic mass is 10.3. The number of carbonyl (C=O) groups is 3. The number of carbonyl (C=O) groups excluding carboxylic acids is 2. The van der Waals surface area contributed by atoms with E-state index in [1.165, 1.54) is 11.0 Å². The third kappa shape index (κ3) is 5.31. The fraction of sp³-hybridized carbons (Fsp3) is 0.308. The number of aliphatic carboxylic acids is 1. The maximum absolute atomic E-state index is 12.1. The van der Waals surface area contributed by atoms with Crippen molar-refractivity contribution in [3.05, 3.63) is 29.3 Å². The molecule has 0 heterocycles. The zero-order chi connectivity index (χ0) is 16.0. The number of carboxylic acids is 1.